The largest absolute Gasteiger partial charge is 2.00 e. The number of thiocarbonyl (C=S) groups is 4. The van der Waals surface area contributed by atoms with Crippen LogP contribution in [0.15, 0.2) is 0 Å². The second-order valence-electron chi connectivity index (χ2n) is 2.89. The minimum absolute atomic E-state index is 0. The van der Waals surface area contributed by atoms with Gasteiger partial charge in [-0.15, -0.1) is 25.3 Å². The molecule has 0 heterocycles. The third-order valence-corrected chi connectivity index (χ3v) is 2.52. The van der Waals surface area contributed by atoms with Crippen molar-refractivity contribution >= 4 is 117 Å². The zero-order valence-corrected chi connectivity index (χ0v) is 18.4. The van der Waals surface area contributed by atoms with Gasteiger partial charge in [-0.05, 0) is 0 Å². The molecule has 0 aromatic rings. The maximum absolute atomic E-state index is 4.65. The summed E-state index contributed by atoms with van der Waals surface area (Å²) >= 11 is 35.4. The van der Waals surface area contributed by atoms with Crippen LogP contribution >= 0.6 is 74.1 Å². The Morgan fingerprint density at radius 3 is 1.10 bits per heavy atom. The van der Waals surface area contributed by atoms with Gasteiger partial charge in [0.25, 0.3) is 0 Å². The first-order valence-corrected chi connectivity index (χ1v) is 8.43. The first-order chi connectivity index (χ1) is 9.25. The Balaban J connectivity index is -0.000000295. The number of thiol groups is 2. The van der Waals surface area contributed by atoms with Crippen LogP contribution in [-0.4, -0.2) is 43.5 Å². The van der Waals surface area contributed by atoms with Crippen molar-refractivity contribution in [3.8, 4) is 0 Å². The van der Waals surface area contributed by atoms with E-state index in [-0.39, 0.29) is 17.1 Å². The molecule has 13 heteroatoms. The van der Waals surface area contributed by atoms with Crippen LogP contribution < -0.4 is 21.3 Å². The Kier molecular flexibility index (Phi) is 24.8. The molecule has 121 valence electrons. The van der Waals surface area contributed by atoms with Crippen LogP contribution in [0.2, 0.25) is 0 Å². The van der Waals surface area contributed by atoms with E-state index in [1.54, 1.807) is 0 Å². The van der Waals surface area contributed by atoms with Gasteiger partial charge >= 0.3 is 17.1 Å². The maximum atomic E-state index is 4.65. The van der Waals surface area contributed by atoms with Crippen molar-refractivity contribution in [1.82, 2.24) is 21.3 Å². The molecule has 0 fully saturated rings. The molecular formula is C8H14MnN4S8. The van der Waals surface area contributed by atoms with Gasteiger partial charge in [-0.2, -0.15) is 0 Å². The fraction of sp³-hybridized carbons (Fsp3) is 0.500. The SMILES string of the molecule is S=C(S)NCCNC(=S)S.S=C([S-])NCCNC(=S)[S-].[Mn+2]. The quantitative estimate of drug-likeness (QED) is 0.107. The minimum atomic E-state index is 0. The van der Waals surface area contributed by atoms with Crippen LogP contribution in [0.3, 0.4) is 0 Å². The molecule has 0 aromatic carbocycles. The van der Waals surface area contributed by atoms with Crippen LogP contribution in [-0.2, 0) is 42.3 Å². The fourth-order valence-corrected chi connectivity index (χ4v) is 1.50. The zero-order valence-electron chi connectivity index (χ0n) is 10.6. The number of rotatable bonds is 6. The first kappa shape index (κ1) is 27.1. The molecule has 0 aliphatic heterocycles. The molecule has 0 rings (SSSR count). The van der Waals surface area contributed by atoms with Gasteiger partial charge in [0.2, 0.25) is 0 Å². The molecule has 21 heavy (non-hydrogen) atoms. The Morgan fingerprint density at radius 1 is 0.667 bits per heavy atom. The van der Waals surface area contributed by atoms with Gasteiger partial charge in [0.05, 0.1) is 0 Å². The monoisotopic (exact) mass is 477 g/mol. The number of hydrogen-bond acceptors (Lipinski definition) is 6. The van der Waals surface area contributed by atoms with Gasteiger partial charge in [-0.3, -0.25) is 0 Å². The predicted octanol–water partition coefficient (Wildman–Crippen LogP) is 0.422. The zero-order chi connectivity index (χ0) is 16.0. The normalized spacial score (nSPS) is 8.10. The summed E-state index contributed by atoms with van der Waals surface area (Å²) in [4.78, 5) is 0. The Morgan fingerprint density at radius 2 is 0.905 bits per heavy atom. The van der Waals surface area contributed by atoms with E-state index in [1.165, 1.54) is 0 Å². The Bertz CT molecular complexity index is 276. The maximum Gasteiger partial charge on any atom is 2.00 e. The summed E-state index contributed by atoms with van der Waals surface area (Å²) < 4.78 is 1.73. The fourth-order valence-electron chi connectivity index (χ4n) is 0.668. The second-order valence-corrected chi connectivity index (χ2v) is 7.36. The molecule has 0 saturated heterocycles. The molecule has 4 nitrogen and oxygen atoms in total. The van der Waals surface area contributed by atoms with E-state index in [1.807, 2.05) is 0 Å². The Labute approximate surface area is 179 Å². The number of hydrogen-bond donors (Lipinski definition) is 6. The van der Waals surface area contributed by atoms with Crippen molar-refractivity contribution in [2.45, 2.75) is 0 Å². The van der Waals surface area contributed by atoms with Crippen LogP contribution in [0.4, 0.5) is 0 Å². The number of nitrogens with one attached hydrogen (secondary N) is 4. The van der Waals surface area contributed by atoms with E-state index < -0.39 is 0 Å². The van der Waals surface area contributed by atoms with E-state index >= 15 is 0 Å². The molecule has 0 unspecified atom stereocenters. The van der Waals surface area contributed by atoms with Crippen molar-refractivity contribution in [1.29, 1.82) is 0 Å². The van der Waals surface area contributed by atoms with Crippen molar-refractivity contribution < 1.29 is 17.1 Å². The molecule has 0 aromatic heterocycles. The molecule has 1 radical (unpaired) electrons. The van der Waals surface area contributed by atoms with E-state index in [0.717, 1.165) is 0 Å². The van der Waals surface area contributed by atoms with E-state index in [2.05, 4.69) is 121 Å². The van der Waals surface area contributed by atoms with Gasteiger partial charge < -0.3 is 71.0 Å². The van der Waals surface area contributed by atoms with Gasteiger partial charge in [0.1, 0.15) is 8.64 Å². The van der Waals surface area contributed by atoms with E-state index in [4.69, 9.17) is 0 Å². The first-order valence-electron chi connectivity index (χ1n) is 5.09. The molecule has 0 bridgehead atoms. The average molecular weight is 478 g/mol. The summed E-state index contributed by atoms with van der Waals surface area (Å²) in [5, 5.41) is 11.2. The third-order valence-electron chi connectivity index (χ3n) is 1.34. The molecule has 0 aliphatic carbocycles. The van der Waals surface area contributed by atoms with Crippen molar-refractivity contribution in [2.75, 3.05) is 26.2 Å². The van der Waals surface area contributed by atoms with Crippen molar-refractivity contribution in [3.63, 3.8) is 0 Å². The van der Waals surface area contributed by atoms with Gasteiger partial charge in [-0.1, -0.05) is 33.1 Å². The van der Waals surface area contributed by atoms with Crippen LogP contribution in [0, 0.1) is 0 Å². The minimum Gasteiger partial charge on any atom is -0.412 e. The smallest absolute Gasteiger partial charge is 0.412 e. The molecule has 0 atom stereocenters. The third kappa shape index (κ3) is 33.8. The van der Waals surface area contributed by atoms with Crippen LogP contribution in [0.25, 0.3) is 0 Å². The van der Waals surface area contributed by atoms with Crippen molar-refractivity contribution in [2.24, 2.45) is 0 Å². The summed E-state index contributed by atoms with van der Waals surface area (Å²) in [6.45, 7) is 2.75. The van der Waals surface area contributed by atoms with E-state index in [9.17, 15) is 0 Å². The molecule has 0 aliphatic rings. The Hall–Kier alpha value is 1.22. The van der Waals surface area contributed by atoms with Crippen molar-refractivity contribution in [3.05, 3.63) is 0 Å². The van der Waals surface area contributed by atoms with Gasteiger partial charge in [0, 0.05) is 26.2 Å². The van der Waals surface area contributed by atoms with Gasteiger partial charge in [0.15, 0.2) is 0 Å². The molecule has 4 N–H and O–H groups in total. The summed E-state index contributed by atoms with van der Waals surface area (Å²) in [5.74, 6) is 0. The topological polar surface area (TPSA) is 48.1 Å². The molecule has 0 saturated carbocycles. The molecule has 0 spiro atoms. The van der Waals surface area contributed by atoms with Crippen LogP contribution in [0.5, 0.6) is 0 Å². The summed E-state index contributed by atoms with van der Waals surface area (Å²) in [5.41, 5.74) is 0. The summed E-state index contributed by atoms with van der Waals surface area (Å²) in [6, 6.07) is 0. The summed E-state index contributed by atoms with van der Waals surface area (Å²) in [6.07, 6.45) is 0. The predicted molar refractivity (Wildman–Crippen MR) is 115 cm³/mol. The molecule has 0 amide bonds. The van der Waals surface area contributed by atoms with E-state index in [0.29, 0.717) is 43.5 Å². The van der Waals surface area contributed by atoms with Gasteiger partial charge in [-0.25, -0.2) is 0 Å². The standard InChI is InChI=1S/2C4H8N2S4.Mn/c2*7-3(8)5-1-2-6-4(9)10;/h2*1-2H2,(H2,5,7,8)(H2,6,9,10);/q;;+2/p-2. The van der Waals surface area contributed by atoms with Crippen LogP contribution in [0.1, 0.15) is 0 Å². The second kappa shape index (κ2) is 19.3. The molecular weight excluding hydrogens is 464 g/mol. The summed E-state index contributed by atoms with van der Waals surface area (Å²) in [7, 11) is 0. The average Bonchev–Trinajstić information content (AvgIpc) is 2.30.